The Balaban J connectivity index is 2.24. The second-order valence-electron chi connectivity index (χ2n) is 4.19. The molecule has 19 heavy (non-hydrogen) atoms. The Morgan fingerprint density at radius 3 is 2.74 bits per heavy atom. The summed E-state index contributed by atoms with van der Waals surface area (Å²) < 4.78 is 30.0. The minimum Gasteiger partial charge on any atom is -0.493 e. The van der Waals surface area contributed by atoms with Gasteiger partial charge in [-0.2, -0.15) is 0 Å². The summed E-state index contributed by atoms with van der Waals surface area (Å²) in [6, 6.07) is 7.06. The first-order valence-electron chi connectivity index (χ1n) is 6.21. The number of nitrogen functional groups attached to an aromatic ring is 1. The fraction of sp³-hybridized carbons (Fsp3) is 0.538. The number of nitrogens with zero attached hydrogens (tertiary/aromatic N) is 1. The number of nitrogens with two attached hydrogens (primary N) is 1. The second-order valence-corrected chi connectivity index (χ2v) is 4.19. The van der Waals surface area contributed by atoms with Crippen LogP contribution in [0.15, 0.2) is 24.3 Å². The fourth-order valence-electron chi connectivity index (χ4n) is 1.71. The zero-order valence-electron chi connectivity index (χ0n) is 10.8. The van der Waals surface area contributed by atoms with E-state index >= 15 is 0 Å². The van der Waals surface area contributed by atoms with Crippen molar-refractivity contribution in [1.29, 1.82) is 0 Å². The Labute approximate surface area is 111 Å². The minimum atomic E-state index is -2.39. The van der Waals surface area contributed by atoms with Crippen LogP contribution in [0.25, 0.3) is 0 Å². The Morgan fingerprint density at radius 2 is 2.11 bits per heavy atom. The van der Waals surface area contributed by atoms with Crippen LogP contribution in [0.2, 0.25) is 0 Å². The molecule has 0 saturated heterocycles. The number of alkyl halides is 2. The van der Waals surface area contributed by atoms with E-state index in [1.54, 1.807) is 24.3 Å². The molecule has 4 nitrogen and oxygen atoms in total. The highest BCUT2D eigenvalue weighted by atomic mass is 19.3. The largest absolute Gasteiger partial charge is 0.493 e. The van der Waals surface area contributed by atoms with E-state index in [0.29, 0.717) is 31.0 Å². The standard InChI is InChI=1S/C13H20F2N2O2/c14-13(15)10-17(6-7-18)5-2-8-19-12-4-1-3-11(16)9-12/h1,3-4,9,13,18H,2,5-8,10,16H2. The third kappa shape index (κ3) is 6.93. The van der Waals surface area contributed by atoms with Gasteiger partial charge in [0.1, 0.15) is 5.75 Å². The van der Waals surface area contributed by atoms with Crippen LogP contribution < -0.4 is 10.5 Å². The predicted molar refractivity (Wildman–Crippen MR) is 70.5 cm³/mol. The van der Waals surface area contributed by atoms with Crippen LogP contribution in [0.4, 0.5) is 14.5 Å². The van der Waals surface area contributed by atoms with Gasteiger partial charge in [0, 0.05) is 24.8 Å². The number of aliphatic hydroxyl groups excluding tert-OH is 1. The van der Waals surface area contributed by atoms with Crippen LogP contribution in [0.5, 0.6) is 5.75 Å². The van der Waals surface area contributed by atoms with E-state index in [0.717, 1.165) is 0 Å². The lowest BCUT2D eigenvalue weighted by molar-refractivity contribution is 0.0754. The van der Waals surface area contributed by atoms with Crippen LogP contribution >= 0.6 is 0 Å². The van der Waals surface area contributed by atoms with Crippen molar-refractivity contribution in [2.24, 2.45) is 0 Å². The SMILES string of the molecule is Nc1cccc(OCCCN(CCO)CC(F)F)c1. The predicted octanol–water partition coefficient (Wildman–Crippen LogP) is 1.60. The minimum absolute atomic E-state index is 0.122. The molecular weight excluding hydrogens is 254 g/mol. The van der Waals surface area contributed by atoms with Crippen LogP contribution in [0.3, 0.4) is 0 Å². The molecule has 6 heteroatoms. The third-order valence-electron chi connectivity index (χ3n) is 2.56. The van der Waals surface area contributed by atoms with Crippen molar-refractivity contribution in [1.82, 2.24) is 4.90 Å². The first-order valence-corrected chi connectivity index (χ1v) is 6.21. The summed E-state index contributed by atoms with van der Waals surface area (Å²) >= 11 is 0. The number of aliphatic hydroxyl groups is 1. The zero-order chi connectivity index (χ0) is 14.1. The molecule has 0 spiro atoms. The number of rotatable bonds is 9. The van der Waals surface area contributed by atoms with E-state index in [-0.39, 0.29) is 19.7 Å². The van der Waals surface area contributed by atoms with E-state index in [1.165, 1.54) is 4.90 Å². The highest BCUT2D eigenvalue weighted by molar-refractivity contribution is 5.43. The van der Waals surface area contributed by atoms with Gasteiger partial charge in [0.2, 0.25) is 0 Å². The van der Waals surface area contributed by atoms with Gasteiger partial charge in [-0.15, -0.1) is 0 Å². The molecule has 0 aliphatic carbocycles. The first-order chi connectivity index (χ1) is 9.11. The Kier molecular flexibility index (Phi) is 7.14. The normalized spacial score (nSPS) is 11.2. The molecule has 0 saturated carbocycles. The molecule has 108 valence electrons. The molecule has 1 aromatic rings. The number of hydrogen-bond acceptors (Lipinski definition) is 4. The maximum atomic E-state index is 12.3. The average molecular weight is 274 g/mol. The fourth-order valence-corrected chi connectivity index (χ4v) is 1.71. The van der Waals surface area contributed by atoms with Gasteiger partial charge in [-0.1, -0.05) is 6.07 Å². The van der Waals surface area contributed by atoms with E-state index in [4.69, 9.17) is 15.6 Å². The van der Waals surface area contributed by atoms with Crippen molar-refractivity contribution >= 4 is 5.69 Å². The Morgan fingerprint density at radius 1 is 1.32 bits per heavy atom. The molecule has 0 amide bonds. The molecule has 1 aromatic carbocycles. The molecule has 0 radical (unpaired) electrons. The lowest BCUT2D eigenvalue weighted by atomic mass is 10.3. The number of hydrogen-bond donors (Lipinski definition) is 2. The average Bonchev–Trinajstić information content (AvgIpc) is 2.34. The van der Waals surface area contributed by atoms with Crippen LogP contribution in [0.1, 0.15) is 6.42 Å². The van der Waals surface area contributed by atoms with E-state index in [9.17, 15) is 8.78 Å². The van der Waals surface area contributed by atoms with Gasteiger partial charge >= 0.3 is 0 Å². The summed E-state index contributed by atoms with van der Waals surface area (Å²) in [6.45, 7) is 0.700. The summed E-state index contributed by atoms with van der Waals surface area (Å²) in [4.78, 5) is 1.52. The van der Waals surface area contributed by atoms with Crippen molar-refractivity contribution in [3.05, 3.63) is 24.3 Å². The lowest BCUT2D eigenvalue weighted by Crippen LogP contribution is -2.33. The summed E-state index contributed by atoms with van der Waals surface area (Å²) in [5.41, 5.74) is 6.23. The van der Waals surface area contributed by atoms with Crippen LogP contribution in [-0.4, -0.2) is 49.3 Å². The van der Waals surface area contributed by atoms with Crippen molar-refractivity contribution in [2.45, 2.75) is 12.8 Å². The number of anilines is 1. The number of ether oxygens (including phenoxy) is 1. The summed E-state index contributed by atoms with van der Waals surface area (Å²) in [7, 11) is 0. The van der Waals surface area contributed by atoms with Crippen molar-refractivity contribution in [3.63, 3.8) is 0 Å². The molecular formula is C13H20F2N2O2. The molecule has 0 atom stereocenters. The van der Waals surface area contributed by atoms with E-state index in [1.807, 2.05) is 0 Å². The van der Waals surface area contributed by atoms with Gasteiger partial charge in [-0.3, -0.25) is 4.90 Å². The van der Waals surface area contributed by atoms with Crippen molar-refractivity contribution < 1.29 is 18.6 Å². The van der Waals surface area contributed by atoms with Gasteiger partial charge in [0.25, 0.3) is 6.43 Å². The summed E-state index contributed by atoms with van der Waals surface area (Å²) in [6.07, 6.45) is -1.77. The lowest BCUT2D eigenvalue weighted by Gasteiger charge is -2.20. The molecule has 0 unspecified atom stereocenters. The molecule has 3 N–H and O–H groups in total. The first kappa shape index (κ1) is 15.7. The van der Waals surface area contributed by atoms with Crippen LogP contribution in [0, 0.1) is 0 Å². The molecule has 0 aliphatic rings. The maximum Gasteiger partial charge on any atom is 0.251 e. The van der Waals surface area contributed by atoms with Crippen LogP contribution in [-0.2, 0) is 0 Å². The zero-order valence-corrected chi connectivity index (χ0v) is 10.8. The topological polar surface area (TPSA) is 58.7 Å². The van der Waals surface area contributed by atoms with Gasteiger partial charge < -0.3 is 15.6 Å². The number of benzene rings is 1. The van der Waals surface area contributed by atoms with Crippen molar-refractivity contribution in [2.75, 3.05) is 38.6 Å². The molecule has 0 heterocycles. The molecule has 1 rings (SSSR count). The van der Waals surface area contributed by atoms with E-state index < -0.39 is 6.43 Å². The van der Waals surface area contributed by atoms with E-state index in [2.05, 4.69) is 0 Å². The third-order valence-corrected chi connectivity index (χ3v) is 2.56. The maximum absolute atomic E-state index is 12.3. The Bertz CT molecular complexity index is 364. The monoisotopic (exact) mass is 274 g/mol. The molecule has 0 bridgehead atoms. The quantitative estimate of drug-likeness (QED) is 0.530. The summed E-state index contributed by atoms with van der Waals surface area (Å²) in [5, 5.41) is 8.78. The highest BCUT2D eigenvalue weighted by Gasteiger charge is 2.11. The molecule has 0 fully saturated rings. The second kappa shape index (κ2) is 8.66. The highest BCUT2D eigenvalue weighted by Crippen LogP contribution is 2.14. The van der Waals surface area contributed by atoms with Gasteiger partial charge in [0.05, 0.1) is 19.8 Å². The smallest absolute Gasteiger partial charge is 0.251 e. The van der Waals surface area contributed by atoms with Gasteiger partial charge in [-0.25, -0.2) is 8.78 Å². The van der Waals surface area contributed by atoms with Gasteiger partial charge in [0.15, 0.2) is 0 Å². The Hall–Kier alpha value is -1.40. The molecule has 0 aromatic heterocycles. The number of halogens is 2. The molecule has 0 aliphatic heterocycles. The summed E-state index contributed by atoms with van der Waals surface area (Å²) in [5.74, 6) is 0.669. The van der Waals surface area contributed by atoms with Crippen molar-refractivity contribution in [3.8, 4) is 5.75 Å². The van der Waals surface area contributed by atoms with Gasteiger partial charge in [-0.05, 0) is 18.6 Å².